The lowest BCUT2D eigenvalue weighted by Gasteiger charge is -2.05. The van der Waals surface area contributed by atoms with E-state index in [4.69, 9.17) is 9.72 Å². The van der Waals surface area contributed by atoms with Crippen LogP contribution in [0.25, 0.3) is 15.3 Å². The molecule has 0 radical (unpaired) electrons. The number of hydrogen-bond donors (Lipinski definition) is 1. The van der Waals surface area contributed by atoms with E-state index in [0.29, 0.717) is 22.4 Å². The number of aromatic nitrogens is 3. The first-order valence-corrected chi connectivity index (χ1v) is 10.6. The molecule has 0 atom stereocenters. The number of thiophene rings is 1. The summed E-state index contributed by atoms with van der Waals surface area (Å²) < 4.78 is 9.25. The summed E-state index contributed by atoms with van der Waals surface area (Å²) in [7, 11) is 0. The number of hydrogen-bond acceptors (Lipinski definition) is 6. The molecule has 1 N–H and O–H groups in total. The Balaban J connectivity index is 1.71. The van der Waals surface area contributed by atoms with E-state index >= 15 is 0 Å². The minimum Gasteiger partial charge on any atom is -0.492 e. The van der Waals surface area contributed by atoms with Crippen LogP contribution in [0.2, 0.25) is 0 Å². The van der Waals surface area contributed by atoms with E-state index < -0.39 is 0 Å². The van der Waals surface area contributed by atoms with Gasteiger partial charge >= 0.3 is 0 Å². The van der Waals surface area contributed by atoms with Crippen LogP contribution in [-0.4, -0.2) is 27.3 Å². The molecule has 0 unspecified atom stereocenters. The summed E-state index contributed by atoms with van der Waals surface area (Å²) >= 11 is 6.26. The standard InChI is InChI=1S/C18H15BrN4O2S2/c1-3-25-11-5-4-6-12-16(11)21-18(27-12)23-15(9-10(2)22-23)20-17(24)13-7-8-14(19)26-13/h4-9H,3H2,1-2H3,(H,20,24). The first-order chi connectivity index (χ1) is 13.0. The highest BCUT2D eigenvalue weighted by Crippen LogP contribution is 2.33. The van der Waals surface area contributed by atoms with Gasteiger partial charge in [-0.05, 0) is 54.0 Å². The second kappa shape index (κ2) is 7.41. The average molecular weight is 463 g/mol. The maximum absolute atomic E-state index is 12.5. The van der Waals surface area contributed by atoms with Crippen molar-refractivity contribution in [2.24, 2.45) is 0 Å². The Morgan fingerprint density at radius 3 is 2.89 bits per heavy atom. The first-order valence-electron chi connectivity index (χ1n) is 8.21. The molecule has 0 aliphatic carbocycles. The number of thiazole rings is 1. The normalized spacial score (nSPS) is 11.1. The molecule has 0 saturated heterocycles. The maximum Gasteiger partial charge on any atom is 0.266 e. The quantitative estimate of drug-likeness (QED) is 0.438. The van der Waals surface area contributed by atoms with Crippen LogP contribution >= 0.6 is 38.6 Å². The predicted molar refractivity (Wildman–Crippen MR) is 113 cm³/mol. The number of carbonyl (C=O) groups is 1. The molecule has 0 spiro atoms. The van der Waals surface area contributed by atoms with Crippen molar-refractivity contribution in [2.75, 3.05) is 11.9 Å². The van der Waals surface area contributed by atoms with Gasteiger partial charge in [0.1, 0.15) is 17.1 Å². The number of fused-ring (bicyclic) bond motifs is 1. The molecule has 9 heteroatoms. The average Bonchev–Trinajstić information content (AvgIpc) is 3.33. The van der Waals surface area contributed by atoms with Gasteiger partial charge in [-0.2, -0.15) is 9.78 Å². The van der Waals surface area contributed by atoms with Gasteiger partial charge in [-0.25, -0.2) is 4.98 Å². The summed E-state index contributed by atoms with van der Waals surface area (Å²) in [4.78, 5) is 17.9. The molecule has 0 bridgehead atoms. The van der Waals surface area contributed by atoms with Gasteiger partial charge in [-0.15, -0.1) is 11.3 Å². The molecule has 27 heavy (non-hydrogen) atoms. The van der Waals surface area contributed by atoms with Crippen molar-refractivity contribution in [3.63, 3.8) is 0 Å². The van der Waals surface area contributed by atoms with Crippen molar-refractivity contribution in [1.29, 1.82) is 0 Å². The number of ether oxygens (including phenoxy) is 1. The molecule has 1 amide bonds. The van der Waals surface area contributed by atoms with Crippen molar-refractivity contribution in [3.8, 4) is 10.9 Å². The Morgan fingerprint density at radius 2 is 2.15 bits per heavy atom. The van der Waals surface area contributed by atoms with Crippen LogP contribution in [0.5, 0.6) is 5.75 Å². The van der Waals surface area contributed by atoms with Crippen molar-refractivity contribution in [1.82, 2.24) is 14.8 Å². The number of rotatable bonds is 5. The van der Waals surface area contributed by atoms with Crippen molar-refractivity contribution in [3.05, 3.63) is 50.8 Å². The Hall–Kier alpha value is -2.23. The summed E-state index contributed by atoms with van der Waals surface area (Å²) in [5.41, 5.74) is 1.59. The summed E-state index contributed by atoms with van der Waals surface area (Å²) in [6.07, 6.45) is 0. The fourth-order valence-electron chi connectivity index (χ4n) is 2.62. The zero-order valence-corrected chi connectivity index (χ0v) is 17.7. The summed E-state index contributed by atoms with van der Waals surface area (Å²) in [5.74, 6) is 1.15. The molecule has 4 rings (SSSR count). The van der Waals surface area contributed by atoms with Crippen LogP contribution in [0, 0.1) is 6.92 Å². The smallest absolute Gasteiger partial charge is 0.266 e. The van der Waals surface area contributed by atoms with Crippen molar-refractivity contribution in [2.45, 2.75) is 13.8 Å². The Labute approximate surface area is 171 Å². The van der Waals surface area contributed by atoms with Crippen molar-refractivity contribution < 1.29 is 9.53 Å². The number of amides is 1. The fourth-order valence-corrected chi connectivity index (χ4v) is 4.85. The fraction of sp³-hybridized carbons (Fsp3) is 0.167. The molecule has 1 aromatic carbocycles. The molecule has 6 nitrogen and oxygen atoms in total. The molecule has 0 aliphatic rings. The van der Waals surface area contributed by atoms with Crippen LogP contribution in [0.3, 0.4) is 0 Å². The summed E-state index contributed by atoms with van der Waals surface area (Å²) in [6.45, 7) is 4.40. The van der Waals surface area contributed by atoms with E-state index in [1.54, 1.807) is 10.7 Å². The Kier molecular flexibility index (Phi) is 4.98. The van der Waals surface area contributed by atoms with E-state index in [9.17, 15) is 4.79 Å². The van der Waals surface area contributed by atoms with Crippen LogP contribution in [-0.2, 0) is 0 Å². The SMILES string of the molecule is CCOc1cccc2sc(-n3nc(C)cc3NC(=O)c3ccc(Br)s3)nc12. The second-order valence-corrected chi connectivity index (χ2v) is 9.15. The number of nitrogens with one attached hydrogen (secondary N) is 1. The number of anilines is 1. The summed E-state index contributed by atoms with van der Waals surface area (Å²) in [6, 6.07) is 11.3. The lowest BCUT2D eigenvalue weighted by atomic mass is 10.3. The van der Waals surface area contributed by atoms with Crippen LogP contribution in [0.1, 0.15) is 22.3 Å². The molecule has 0 fully saturated rings. The number of nitrogens with zero attached hydrogens (tertiary/aromatic N) is 3. The minimum atomic E-state index is -0.178. The van der Waals surface area contributed by atoms with Gasteiger partial charge in [0.15, 0.2) is 0 Å². The molecule has 0 aliphatic heterocycles. The molecule has 3 heterocycles. The third-order valence-corrected chi connectivity index (χ3v) is 6.34. The third kappa shape index (κ3) is 3.62. The minimum absolute atomic E-state index is 0.178. The third-order valence-electron chi connectivity index (χ3n) is 3.72. The van der Waals surface area contributed by atoms with Gasteiger partial charge in [0.25, 0.3) is 5.91 Å². The van der Waals surface area contributed by atoms with Crippen LogP contribution in [0.4, 0.5) is 5.82 Å². The van der Waals surface area contributed by atoms with Gasteiger partial charge in [-0.1, -0.05) is 17.4 Å². The number of aryl methyl sites for hydroxylation is 1. The zero-order chi connectivity index (χ0) is 19.0. The van der Waals surface area contributed by atoms with E-state index in [1.165, 1.54) is 22.7 Å². The monoisotopic (exact) mass is 462 g/mol. The van der Waals surface area contributed by atoms with Gasteiger partial charge in [0.05, 0.1) is 25.7 Å². The molecular formula is C18H15BrN4O2S2. The maximum atomic E-state index is 12.5. The van der Waals surface area contributed by atoms with Crippen LogP contribution in [0.15, 0.2) is 40.2 Å². The molecular weight excluding hydrogens is 448 g/mol. The number of carbonyl (C=O) groups excluding carboxylic acids is 1. The molecule has 138 valence electrons. The number of halogens is 1. The first kappa shape index (κ1) is 18.1. The number of benzene rings is 1. The van der Waals surface area contributed by atoms with Crippen molar-refractivity contribution >= 4 is 60.5 Å². The van der Waals surface area contributed by atoms with E-state index in [0.717, 1.165) is 25.4 Å². The Morgan fingerprint density at radius 1 is 1.30 bits per heavy atom. The molecule has 4 aromatic rings. The predicted octanol–water partition coefficient (Wildman–Crippen LogP) is 5.27. The summed E-state index contributed by atoms with van der Waals surface area (Å²) in [5, 5.41) is 8.11. The van der Waals surface area contributed by atoms with Gasteiger partial charge in [0.2, 0.25) is 5.13 Å². The lowest BCUT2D eigenvalue weighted by molar-refractivity contribution is 0.103. The molecule has 0 saturated carbocycles. The van der Waals surface area contributed by atoms with E-state index in [2.05, 4.69) is 26.3 Å². The second-order valence-electron chi connectivity index (χ2n) is 5.67. The lowest BCUT2D eigenvalue weighted by Crippen LogP contribution is -2.13. The highest BCUT2D eigenvalue weighted by atomic mass is 79.9. The van der Waals surface area contributed by atoms with Crippen LogP contribution < -0.4 is 10.1 Å². The number of para-hydroxylation sites is 1. The van der Waals surface area contributed by atoms with E-state index in [-0.39, 0.29) is 5.91 Å². The Bertz CT molecular complexity index is 1130. The molecule has 3 aromatic heterocycles. The van der Waals surface area contributed by atoms with Gasteiger partial charge in [-0.3, -0.25) is 4.79 Å². The van der Waals surface area contributed by atoms with E-state index in [1.807, 2.05) is 44.2 Å². The topological polar surface area (TPSA) is 69.0 Å². The highest BCUT2D eigenvalue weighted by molar-refractivity contribution is 9.11. The van der Waals surface area contributed by atoms with Gasteiger partial charge < -0.3 is 10.1 Å². The largest absolute Gasteiger partial charge is 0.492 e. The highest BCUT2D eigenvalue weighted by Gasteiger charge is 2.17. The van der Waals surface area contributed by atoms with Gasteiger partial charge in [0, 0.05) is 6.07 Å². The zero-order valence-electron chi connectivity index (χ0n) is 14.5.